The maximum Gasteiger partial charge on any atom is 0.490 e. The molecule has 1 aliphatic heterocycles. The van der Waals surface area contributed by atoms with Gasteiger partial charge in [-0.1, -0.05) is 0 Å². The van der Waals surface area contributed by atoms with Crippen LogP contribution in [-0.4, -0.2) is 50.4 Å². The van der Waals surface area contributed by atoms with Crippen molar-refractivity contribution >= 4 is 54.8 Å². The van der Waals surface area contributed by atoms with Gasteiger partial charge in [-0.2, -0.15) is 13.2 Å². The summed E-state index contributed by atoms with van der Waals surface area (Å²) in [6.07, 6.45) is -3.89. The van der Waals surface area contributed by atoms with Crippen LogP contribution in [0.25, 0.3) is 10.2 Å². The number of carboxylic acid groups (broad SMARTS) is 1. The van der Waals surface area contributed by atoms with Crippen LogP contribution in [0.5, 0.6) is 0 Å². The van der Waals surface area contributed by atoms with Crippen LogP contribution in [0.1, 0.15) is 23.0 Å². The molecular formula is C15H14BrF3N4O2S2. The quantitative estimate of drug-likeness (QED) is 0.575. The molecular weight excluding hydrogens is 469 g/mol. The molecule has 0 spiro atoms. The zero-order valence-electron chi connectivity index (χ0n) is 13.7. The number of likely N-dealkylation sites (tertiary alicyclic amines) is 1. The fraction of sp³-hybridized carbons (Fsp3) is 0.400. The summed E-state index contributed by atoms with van der Waals surface area (Å²) in [5.74, 6) is -2.20. The molecule has 0 aliphatic carbocycles. The number of aromatic nitrogens is 3. The van der Waals surface area contributed by atoms with Gasteiger partial charge in [-0.05, 0) is 35.0 Å². The van der Waals surface area contributed by atoms with Crippen molar-refractivity contribution < 1.29 is 23.1 Å². The molecule has 3 aromatic rings. The highest BCUT2D eigenvalue weighted by Gasteiger charge is 2.38. The monoisotopic (exact) mass is 482 g/mol. The molecule has 0 amide bonds. The number of nitrogens with one attached hydrogen (secondary N) is 1. The van der Waals surface area contributed by atoms with E-state index >= 15 is 0 Å². The number of fused-ring (bicyclic) bond motifs is 1. The van der Waals surface area contributed by atoms with E-state index in [1.165, 1.54) is 27.3 Å². The molecule has 3 aromatic heterocycles. The fourth-order valence-corrected chi connectivity index (χ4v) is 5.04. The zero-order valence-corrected chi connectivity index (χ0v) is 16.9. The van der Waals surface area contributed by atoms with Crippen LogP contribution in [0.4, 0.5) is 13.2 Å². The molecule has 1 unspecified atom stereocenters. The molecule has 1 fully saturated rings. The number of aromatic amines is 1. The number of aliphatic carboxylic acids is 1. The van der Waals surface area contributed by atoms with E-state index in [-0.39, 0.29) is 0 Å². The lowest BCUT2D eigenvalue weighted by atomic mass is 10.1. The van der Waals surface area contributed by atoms with Gasteiger partial charge in [0.05, 0.1) is 14.7 Å². The first-order valence-electron chi connectivity index (χ1n) is 7.77. The molecule has 0 aromatic carbocycles. The van der Waals surface area contributed by atoms with Gasteiger partial charge in [-0.25, -0.2) is 4.79 Å². The summed E-state index contributed by atoms with van der Waals surface area (Å²) in [6, 6.07) is 2.27. The number of hydrogen-bond donors (Lipinski definition) is 2. The van der Waals surface area contributed by atoms with E-state index in [4.69, 9.17) is 9.90 Å². The first kappa shape index (κ1) is 20.2. The molecule has 1 saturated heterocycles. The van der Waals surface area contributed by atoms with Crippen LogP contribution in [-0.2, 0) is 11.3 Å². The summed E-state index contributed by atoms with van der Waals surface area (Å²) in [6.45, 7) is 3.21. The second kappa shape index (κ2) is 8.25. The molecule has 1 aliphatic rings. The molecule has 0 saturated carbocycles. The van der Waals surface area contributed by atoms with Crippen LogP contribution >= 0.6 is 38.6 Å². The van der Waals surface area contributed by atoms with Crippen LogP contribution in [0.2, 0.25) is 0 Å². The SMILES string of the molecule is Brc1csc2cc(CN3CCC(c4nncs4)C3)[nH]c12.O=C(O)C(F)(F)F. The fourth-order valence-electron chi connectivity index (χ4n) is 2.80. The molecule has 12 heteroatoms. The van der Waals surface area contributed by atoms with Gasteiger partial charge in [-0.3, -0.25) is 4.90 Å². The second-order valence-corrected chi connectivity index (χ2v) is 8.55. The maximum absolute atomic E-state index is 10.6. The Morgan fingerprint density at radius 2 is 2.19 bits per heavy atom. The number of thiophene rings is 1. The Bertz CT molecular complexity index is 910. The summed E-state index contributed by atoms with van der Waals surface area (Å²) in [4.78, 5) is 14.9. The van der Waals surface area contributed by atoms with Crippen molar-refractivity contribution in [1.29, 1.82) is 0 Å². The highest BCUT2D eigenvalue weighted by Crippen LogP contribution is 2.32. The number of halogens is 4. The van der Waals surface area contributed by atoms with Gasteiger partial charge in [0.1, 0.15) is 10.5 Å². The Balaban J connectivity index is 0.000000260. The van der Waals surface area contributed by atoms with Crippen LogP contribution in [0.15, 0.2) is 21.4 Å². The van der Waals surface area contributed by atoms with Crippen molar-refractivity contribution in [2.24, 2.45) is 0 Å². The van der Waals surface area contributed by atoms with Gasteiger partial charge in [0.15, 0.2) is 0 Å². The maximum atomic E-state index is 10.6. The van der Waals surface area contributed by atoms with E-state index in [1.54, 1.807) is 22.7 Å². The summed E-state index contributed by atoms with van der Waals surface area (Å²) < 4.78 is 34.2. The van der Waals surface area contributed by atoms with Crippen molar-refractivity contribution in [2.75, 3.05) is 13.1 Å². The Labute approximate surface area is 168 Å². The first-order valence-corrected chi connectivity index (χ1v) is 10.3. The second-order valence-electron chi connectivity index (χ2n) is 5.92. The number of rotatable bonds is 3. The lowest BCUT2D eigenvalue weighted by Crippen LogP contribution is -2.21. The lowest BCUT2D eigenvalue weighted by Gasteiger charge is -2.14. The summed E-state index contributed by atoms with van der Waals surface area (Å²) in [7, 11) is 0. The molecule has 6 nitrogen and oxygen atoms in total. The molecule has 4 rings (SSSR count). The van der Waals surface area contributed by atoms with Gasteiger partial charge in [-0.15, -0.1) is 32.9 Å². The smallest absolute Gasteiger partial charge is 0.475 e. The van der Waals surface area contributed by atoms with Gasteiger partial charge >= 0.3 is 12.1 Å². The van der Waals surface area contributed by atoms with Crippen molar-refractivity contribution in [3.8, 4) is 0 Å². The molecule has 27 heavy (non-hydrogen) atoms. The van der Waals surface area contributed by atoms with Crippen LogP contribution < -0.4 is 0 Å². The minimum Gasteiger partial charge on any atom is -0.475 e. The van der Waals surface area contributed by atoms with E-state index in [2.05, 4.69) is 47.5 Å². The Morgan fingerprint density at radius 1 is 1.44 bits per heavy atom. The van der Waals surface area contributed by atoms with Crippen molar-refractivity contribution in [2.45, 2.75) is 25.1 Å². The van der Waals surface area contributed by atoms with Crippen LogP contribution in [0.3, 0.4) is 0 Å². The van der Waals surface area contributed by atoms with Crippen molar-refractivity contribution in [3.05, 3.63) is 32.1 Å². The minimum absolute atomic E-state index is 0.560. The molecule has 4 heterocycles. The standard InChI is InChI=1S/C13H13BrN4S2.C2HF3O2/c14-10-6-19-11-3-9(16-12(10)11)5-18-2-1-8(4-18)13-17-15-7-20-13;3-2(4,5)1(6)7/h3,6-8,16H,1-2,4-5H2;(H,6,7). The third kappa shape index (κ3) is 5.06. The molecule has 0 radical (unpaired) electrons. The van der Waals surface area contributed by atoms with Gasteiger partial charge < -0.3 is 10.1 Å². The Hall–Kier alpha value is -1.50. The topological polar surface area (TPSA) is 82.1 Å². The van der Waals surface area contributed by atoms with E-state index in [0.717, 1.165) is 24.1 Å². The summed E-state index contributed by atoms with van der Waals surface area (Å²) in [5.41, 5.74) is 4.35. The van der Waals surface area contributed by atoms with Crippen molar-refractivity contribution in [3.63, 3.8) is 0 Å². The third-order valence-corrected chi connectivity index (χ3v) is 6.71. The number of carboxylic acids is 1. The minimum atomic E-state index is -5.08. The molecule has 0 bridgehead atoms. The third-order valence-electron chi connectivity index (χ3n) is 4.00. The molecule has 2 N–H and O–H groups in total. The largest absolute Gasteiger partial charge is 0.490 e. The van der Waals surface area contributed by atoms with Crippen LogP contribution in [0, 0.1) is 0 Å². The van der Waals surface area contributed by atoms with Gasteiger partial charge in [0, 0.05) is 30.1 Å². The van der Waals surface area contributed by atoms with E-state index in [0.29, 0.717) is 5.92 Å². The number of carbonyl (C=O) groups is 1. The predicted octanol–water partition coefficient (Wildman–Crippen LogP) is 4.47. The number of nitrogens with zero attached hydrogens (tertiary/aromatic N) is 3. The first-order chi connectivity index (χ1) is 12.7. The van der Waals surface area contributed by atoms with E-state index in [1.807, 2.05) is 5.51 Å². The zero-order chi connectivity index (χ0) is 19.6. The Kier molecular flexibility index (Phi) is 6.18. The lowest BCUT2D eigenvalue weighted by molar-refractivity contribution is -0.192. The Morgan fingerprint density at radius 3 is 2.78 bits per heavy atom. The summed E-state index contributed by atoms with van der Waals surface area (Å²) >= 11 is 7.03. The van der Waals surface area contributed by atoms with E-state index < -0.39 is 12.1 Å². The van der Waals surface area contributed by atoms with Gasteiger partial charge in [0.25, 0.3) is 0 Å². The highest BCUT2D eigenvalue weighted by molar-refractivity contribution is 9.10. The average molecular weight is 483 g/mol. The average Bonchev–Trinajstić information content (AvgIpc) is 3.34. The predicted molar refractivity (Wildman–Crippen MR) is 100 cm³/mol. The number of alkyl halides is 3. The number of hydrogen-bond acceptors (Lipinski definition) is 6. The highest BCUT2D eigenvalue weighted by atomic mass is 79.9. The molecule has 1 atom stereocenters. The number of H-pyrrole nitrogens is 1. The van der Waals surface area contributed by atoms with E-state index in [9.17, 15) is 13.2 Å². The summed E-state index contributed by atoms with van der Waals surface area (Å²) in [5, 5.41) is 18.6. The molecule has 146 valence electrons. The van der Waals surface area contributed by atoms with Crippen molar-refractivity contribution in [1.82, 2.24) is 20.1 Å². The normalized spacial score (nSPS) is 17.9. The van der Waals surface area contributed by atoms with Gasteiger partial charge in [0.2, 0.25) is 0 Å².